The average Bonchev–Trinajstić information content (AvgIpc) is 2.07. The van der Waals surface area contributed by atoms with Gasteiger partial charge in [-0.15, -0.1) is 0 Å². The van der Waals surface area contributed by atoms with Gasteiger partial charge >= 0.3 is 0 Å². The van der Waals surface area contributed by atoms with Gasteiger partial charge in [-0.25, -0.2) is 15.0 Å². The third-order valence-electron chi connectivity index (χ3n) is 1.41. The molecule has 0 fully saturated rings. The number of nitrogens with zero attached hydrogens (tertiary/aromatic N) is 3. The molecule has 0 spiro atoms. The first-order valence-corrected chi connectivity index (χ1v) is 3.95. The molecule has 0 saturated carbocycles. The summed E-state index contributed by atoms with van der Waals surface area (Å²) in [5.41, 5.74) is 0.555. The van der Waals surface area contributed by atoms with Crippen LogP contribution in [-0.4, -0.2) is 15.0 Å². The van der Waals surface area contributed by atoms with E-state index in [9.17, 15) is 0 Å². The van der Waals surface area contributed by atoms with E-state index in [0.29, 0.717) is 21.2 Å². The van der Waals surface area contributed by atoms with Gasteiger partial charge in [-0.3, -0.25) is 0 Å². The molecule has 0 amide bonds. The Hall–Kier alpha value is -0.930. The first-order valence-electron chi connectivity index (χ1n) is 3.19. The van der Waals surface area contributed by atoms with Crippen LogP contribution >= 0.6 is 23.2 Å². The highest BCUT2D eigenvalue weighted by molar-refractivity contribution is 6.35. The largest absolute Gasteiger partial charge is 0.235 e. The molecule has 2 aromatic rings. The first-order chi connectivity index (χ1) is 5.77. The fraction of sp³-hybridized carbons (Fsp3) is 0. The van der Waals surface area contributed by atoms with Crippen LogP contribution in [0.4, 0.5) is 0 Å². The van der Waals surface area contributed by atoms with Gasteiger partial charge in [0.1, 0.15) is 11.5 Å². The highest BCUT2D eigenvalue weighted by atomic mass is 35.5. The molecule has 0 aromatic carbocycles. The van der Waals surface area contributed by atoms with Crippen molar-refractivity contribution in [1.82, 2.24) is 15.0 Å². The van der Waals surface area contributed by atoms with E-state index in [1.165, 1.54) is 12.5 Å². The fourth-order valence-electron chi connectivity index (χ4n) is 0.891. The van der Waals surface area contributed by atoms with E-state index in [1.807, 2.05) is 0 Å². The highest BCUT2D eigenvalue weighted by Gasteiger charge is 2.01. The zero-order valence-corrected chi connectivity index (χ0v) is 7.34. The van der Waals surface area contributed by atoms with Crippen molar-refractivity contribution in [2.24, 2.45) is 0 Å². The second kappa shape index (κ2) is 2.84. The van der Waals surface area contributed by atoms with Gasteiger partial charge in [0.15, 0.2) is 5.65 Å². The Morgan fingerprint density at radius 1 is 1.08 bits per heavy atom. The van der Waals surface area contributed by atoms with Crippen molar-refractivity contribution < 1.29 is 0 Å². The molecule has 0 bridgehead atoms. The number of aromatic nitrogens is 3. The van der Waals surface area contributed by atoms with Crippen molar-refractivity contribution in [3.05, 3.63) is 28.8 Å². The van der Waals surface area contributed by atoms with Crippen LogP contribution in [0.2, 0.25) is 10.2 Å². The van der Waals surface area contributed by atoms with Crippen LogP contribution in [0, 0.1) is 0 Å². The quantitative estimate of drug-likeness (QED) is 0.612. The van der Waals surface area contributed by atoms with E-state index in [1.54, 1.807) is 6.07 Å². The summed E-state index contributed by atoms with van der Waals surface area (Å²) in [7, 11) is 0. The van der Waals surface area contributed by atoms with Gasteiger partial charge in [-0.1, -0.05) is 23.2 Å². The molecule has 60 valence electrons. The van der Waals surface area contributed by atoms with Crippen LogP contribution in [0.5, 0.6) is 0 Å². The number of halogens is 2. The highest BCUT2D eigenvalue weighted by Crippen LogP contribution is 2.20. The smallest absolute Gasteiger partial charge is 0.164 e. The zero-order valence-electron chi connectivity index (χ0n) is 5.83. The van der Waals surface area contributed by atoms with E-state index in [4.69, 9.17) is 23.2 Å². The summed E-state index contributed by atoms with van der Waals surface area (Å²) < 4.78 is 0. The summed E-state index contributed by atoms with van der Waals surface area (Å²) in [6, 6.07) is 1.69. The van der Waals surface area contributed by atoms with Gasteiger partial charge in [-0.2, -0.15) is 0 Å². The lowest BCUT2D eigenvalue weighted by Crippen LogP contribution is -1.86. The second-order valence-electron chi connectivity index (χ2n) is 2.19. The molecule has 12 heavy (non-hydrogen) atoms. The summed E-state index contributed by atoms with van der Waals surface area (Å²) in [5.74, 6) is 0. The Morgan fingerprint density at radius 3 is 2.75 bits per heavy atom. The monoisotopic (exact) mass is 199 g/mol. The van der Waals surface area contributed by atoms with E-state index >= 15 is 0 Å². The van der Waals surface area contributed by atoms with Crippen molar-refractivity contribution in [3.8, 4) is 0 Å². The maximum Gasteiger partial charge on any atom is 0.164 e. The van der Waals surface area contributed by atoms with Crippen molar-refractivity contribution >= 4 is 34.2 Å². The molecule has 2 heterocycles. The fourth-order valence-corrected chi connectivity index (χ4v) is 1.23. The molecular weight excluding hydrogens is 197 g/mol. The molecule has 0 aliphatic carbocycles. The lowest BCUT2D eigenvalue weighted by Gasteiger charge is -1.96. The predicted octanol–water partition coefficient (Wildman–Crippen LogP) is 2.33. The summed E-state index contributed by atoms with van der Waals surface area (Å²) >= 11 is 11.5. The van der Waals surface area contributed by atoms with Gasteiger partial charge in [0.2, 0.25) is 0 Å². The minimum Gasteiger partial charge on any atom is -0.235 e. The summed E-state index contributed by atoms with van der Waals surface area (Å²) in [6.45, 7) is 0. The standard InChI is InChI=1S/C7H3Cl2N3/c8-4-1-5-6(9)11-3-12-7(5)10-2-4/h1-3H. The molecule has 5 heteroatoms. The molecule has 0 radical (unpaired) electrons. The number of hydrogen-bond donors (Lipinski definition) is 0. The first kappa shape index (κ1) is 7.71. The number of rotatable bonds is 0. The van der Waals surface area contributed by atoms with Crippen LogP contribution in [0.3, 0.4) is 0 Å². The van der Waals surface area contributed by atoms with Gasteiger partial charge < -0.3 is 0 Å². The molecule has 0 aliphatic rings. The number of fused-ring (bicyclic) bond motifs is 1. The third kappa shape index (κ3) is 1.21. The Kier molecular flexibility index (Phi) is 1.83. The number of hydrogen-bond acceptors (Lipinski definition) is 3. The van der Waals surface area contributed by atoms with E-state index in [0.717, 1.165) is 0 Å². The van der Waals surface area contributed by atoms with Gasteiger partial charge in [0, 0.05) is 6.20 Å². The van der Waals surface area contributed by atoms with Crippen molar-refractivity contribution in [3.63, 3.8) is 0 Å². The van der Waals surface area contributed by atoms with E-state index in [-0.39, 0.29) is 0 Å². The molecular formula is C7H3Cl2N3. The Bertz CT molecular complexity index is 430. The van der Waals surface area contributed by atoms with Gasteiger partial charge in [0.25, 0.3) is 0 Å². The van der Waals surface area contributed by atoms with Crippen LogP contribution < -0.4 is 0 Å². The third-order valence-corrected chi connectivity index (χ3v) is 1.91. The molecule has 0 saturated heterocycles. The lowest BCUT2D eigenvalue weighted by molar-refractivity contribution is 1.18. The normalized spacial score (nSPS) is 10.5. The van der Waals surface area contributed by atoms with Crippen LogP contribution in [0.15, 0.2) is 18.6 Å². The average molecular weight is 200 g/mol. The van der Waals surface area contributed by atoms with Crippen molar-refractivity contribution in [2.45, 2.75) is 0 Å². The molecule has 2 aromatic heterocycles. The minimum absolute atomic E-state index is 0.370. The van der Waals surface area contributed by atoms with Crippen LogP contribution in [-0.2, 0) is 0 Å². The second-order valence-corrected chi connectivity index (χ2v) is 2.98. The van der Waals surface area contributed by atoms with Crippen molar-refractivity contribution in [1.29, 1.82) is 0 Å². The Morgan fingerprint density at radius 2 is 1.92 bits per heavy atom. The maximum atomic E-state index is 5.78. The zero-order chi connectivity index (χ0) is 8.55. The molecule has 0 atom stereocenters. The van der Waals surface area contributed by atoms with E-state index in [2.05, 4.69) is 15.0 Å². The summed E-state index contributed by atoms with van der Waals surface area (Å²) in [6.07, 6.45) is 2.89. The van der Waals surface area contributed by atoms with Crippen LogP contribution in [0.1, 0.15) is 0 Å². The topological polar surface area (TPSA) is 38.7 Å². The Labute approximate surface area is 78.4 Å². The SMILES string of the molecule is Clc1cnc2ncnc(Cl)c2c1. The lowest BCUT2D eigenvalue weighted by atomic mass is 10.3. The molecule has 2 rings (SSSR count). The summed E-state index contributed by atoms with van der Waals surface area (Å²) in [4.78, 5) is 11.7. The molecule has 3 nitrogen and oxygen atoms in total. The minimum atomic E-state index is 0.370. The Balaban J connectivity index is 2.88. The molecule has 0 N–H and O–H groups in total. The van der Waals surface area contributed by atoms with Gasteiger partial charge in [0.05, 0.1) is 10.4 Å². The number of pyridine rings is 1. The molecule has 0 aliphatic heterocycles. The molecule has 0 unspecified atom stereocenters. The predicted molar refractivity (Wildman–Crippen MR) is 47.4 cm³/mol. The van der Waals surface area contributed by atoms with Crippen molar-refractivity contribution in [2.75, 3.05) is 0 Å². The van der Waals surface area contributed by atoms with Gasteiger partial charge in [-0.05, 0) is 6.07 Å². The van der Waals surface area contributed by atoms with E-state index < -0.39 is 0 Å². The van der Waals surface area contributed by atoms with Crippen LogP contribution in [0.25, 0.3) is 11.0 Å². The maximum absolute atomic E-state index is 5.78. The summed E-state index contributed by atoms with van der Waals surface area (Å²) in [5, 5.41) is 1.57.